The molecule has 114 valence electrons. The minimum Gasteiger partial charge on any atom is -0.388 e. The molecule has 1 aromatic rings. The number of hydrogen-bond acceptors (Lipinski definition) is 6. The second-order valence-corrected chi connectivity index (χ2v) is 7.07. The number of carbonyl (C=O) groups excluding carboxylic acids is 1. The molecule has 21 heavy (non-hydrogen) atoms. The highest BCUT2D eigenvalue weighted by Gasteiger charge is 2.22. The van der Waals surface area contributed by atoms with Crippen LogP contribution in [0.5, 0.6) is 0 Å². The Bertz CT molecular complexity index is 533. The maximum absolute atomic E-state index is 12.2. The van der Waals surface area contributed by atoms with Crippen LogP contribution in [-0.2, 0) is 0 Å². The molecule has 0 spiro atoms. The van der Waals surface area contributed by atoms with Gasteiger partial charge in [0.15, 0.2) is 0 Å². The standard InChI is InChI=1S/C13H17N3O3S2/c1-14-9-2-3-12(16(18)19)11(6-9)13(17)15-7-10-8-20-4-5-21-10/h2-3,6,10,14H,4-5,7-8H2,1H3,(H,15,17). The van der Waals surface area contributed by atoms with Crippen molar-refractivity contribution in [2.24, 2.45) is 0 Å². The largest absolute Gasteiger partial charge is 0.388 e. The molecule has 2 N–H and O–H groups in total. The van der Waals surface area contributed by atoms with E-state index in [1.807, 2.05) is 23.5 Å². The van der Waals surface area contributed by atoms with Crippen molar-refractivity contribution in [1.29, 1.82) is 0 Å². The summed E-state index contributed by atoms with van der Waals surface area (Å²) in [6.45, 7) is 0.539. The number of rotatable bonds is 5. The zero-order chi connectivity index (χ0) is 15.2. The number of nitro groups is 1. The molecule has 1 fully saturated rings. The monoisotopic (exact) mass is 327 g/mol. The molecular formula is C13H17N3O3S2. The Labute approximate surface area is 131 Å². The third-order valence-corrected chi connectivity index (χ3v) is 5.95. The highest BCUT2D eigenvalue weighted by molar-refractivity contribution is 8.06. The fraction of sp³-hybridized carbons (Fsp3) is 0.462. The van der Waals surface area contributed by atoms with Gasteiger partial charge in [-0.25, -0.2) is 0 Å². The number of carbonyl (C=O) groups is 1. The topological polar surface area (TPSA) is 84.3 Å². The Morgan fingerprint density at radius 1 is 1.48 bits per heavy atom. The zero-order valence-corrected chi connectivity index (χ0v) is 13.3. The van der Waals surface area contributed by atoms with Gasteiger partial charge in [0.05, 0.1) is 4.92 Å². The van der Waals surface area contributed by atoms with Crippen molar-refractivity contribution in [3.63, 3.8) is 0 Å². The SMILES string of the molecule is CNc1ccc([N+](=O)[O-])c(C(=O)NCC2CSCCS2)c1. The highest BCUT2D eigenvalue weighted by atomic mass is 32.2. The number of nitro benzene ring substituents is 1. The van der Waals surface area contributed by atoms with Crippen LogP contribution in [0.2, 0.25) is 0 Å². The van der Waals surface area contributed by atoms with E-state index in [1.165, 1.54) is 12.1 Å². The summed E-state index contributed by atoms with van der Waals surface area (Å²) in [5, 5.41) is 17.1. The number of hydrogen-bond donors (Lipinski definition) is 2. The second kappa shape index (κ2) is 7.56. The van der Waals surface area contributed by atoms with Gasteiger partial charge in [-0.15, -0.1) is 0 Å². The summed E-state index contributed by atoms with van der Waals surface area (Å²) < 4.78 is 0. The summed E-state index contributed by atoms with van der Waals surface area (Å²) in [6, 6.07) is 4.45. The molecule has 1 aromatic carbocycles. The molecule has 1 unspecified atom stereocenters. The van der Waals surface area contributed by atoms with E-state index in [9.17, 15) is 14.9 Å². The Morgan fingerprint density at radius 3 is 2.90 bits per heavy atom. The van der Waals surface area contributed by atoms with Gasteiger partial charge < -0.3 is 10.6 Å². The van der Waals surface area contributed by atoms with Crippen molar-refractivity contribution in [3.8, 4) is 0 Å². The van der Waals surface area contributed by atoms with Crippen molar-refractivity contribution in [3.05, 3.63) is 33.9 Å². The van der Waals surface area contributed by atoms with Crippen LogP contribution >= 0.6 is 23.5 Å². The van der Waals surface area contributed by atoms with Gasteiger partial charge in [-0.1, -0.05) is 0 Å². The van der Waals surface area contributed by atoms with Gasteiger partial charge in [0.25, 0.3) is 11.6 Å². The molecule has 0 aromatic heterocycles. The maximum atomic E-state index is 12.2. The molecule has 0 bridgehead atoms. The third-order valence-electron chi connectivity index (χ3n) is 3.10. The molecule has 6 nitrogen and oxygen atoms in total. The summed E-state index contributed by atoms with van der Waals surface area (Å²) in [5.74, 6) is 2.84. The first-order valence-electron chi connectivity index (χ1n) is 6.55. The van der Waals surface area contributed by atoms with Crippen molar-refractivity contribution < 1.29 is 9.72 Å². The minimum absolute atomic E-state index is 0.0975. The molecule has 0 saturated carbocycles. The van der Waals surface area contributed by atoms with E-state index < -0.39 is 10.8 Å². The minimum atomic E-state index is -0.528. The number of amides is 1. The first-order valence-corrected chi connectivity index (χ1v) is 8.76. The lowest BCUT2D eigenvalue weighted by molar-refractivity contribution is -0.385. The van der Waals surface area contributed by atoms with E-state index in [2.05, 4.69) is 10.6 Å². The fourth-order valence-electron chi connectivity index (χ4n) is 1.99. The Hall–Kier alpha value is -1.41. The number of benzene rings is 1. The van der Waals surface area contributed by atoms with Crippen molar-refractivity contribution in [2.45, 2.75) is 5.25 Å². The third kappa shape index (κ3) is 4.28. The summed E-state index contributed by atoms with van der Waals surface area (Å²) in [6.07, 6.45) is 0. The molecule has 1 amide bonds. The van der Waals surface area contributed by atoms with Gasteiger partial charge in [-0.2, -0.15) is 23.5 Å². The molecule has 0 aliphatic carbocycles. The number of nitrogens with zero attached hydrogens (tertiary/aromatic N) is 1. The van der Waals surface area contributed by atoms with Crippen LogP contribution in [0.15, 0.2) is 18.2 Å². The molecule has 1 saturated heterocycles. The predicted octanol–water partition coefficient (Wildman–Crippen LogP) is 2.21. The lowest BCUT2D eigenvalue weighted by atomic mass is 10.1. The van der Waals surface area contributed by atoms with Crippen LogP contribution in [0, 0.1) is 10.1 Å². The van der Waals surface area contributed by atoms with E-state index in [4.69, 9.17) is 0 Å². The van der Waals surface area contributed by atoms with Gasteiger partial charge in [0.1, 0.15) is 5.56 Å². The Kier molecular flexibility index (Phi) is 5.75. The normalized spacial score (nSPS) is 18.0. The van der Waals surface area contributed by atoms with Crippen molar-refractivity contribution in [1.82, 2.24) is 5.32 Å². The summed E-state index contributed by atoms with van der Waals surface area (Å²) >= 11 is 3.71. The van der Waals surface area contributed by atoms with Gasteiger partial charge in [0.2, 0.25) is 0 Å². The maximum Gasteiger partial charge on any atom is 0.282 e. The summed E-state index contributed by atoms with van der Waals surface area (Å²) in [7, 11) is 1.71. The molecular weight excluding hydrogens is 310 g/mol. The van der Waals surface area contributed by atoms with E-state index in [0.717, 1.165) is 17.3 Å². The average molecular weight is 327 g/mol. The van der Waals surface area contributed by atoms with Crippen LogP contribution in [0.1, 0.15) is 10.4 Å². The lowest BCUT2D eigenvalue weighted by Gasteiger charge is -2.21. The van der Waals surface area contributed by atoms with Crippen LogP contribution in [-0.4, -0.2) is 46.9 Å². The van der Waals surface area contributed by atoms with E-state index >= 15 is 0 Å². The second-order valence-electron chi connectivity index (χ2n) is 4.52. The van der Waals surface area contributed by atoms with E-state index in [-0.39, 0.29) is 11.3 Å². The number of nitrogens with one attached hydrogen (secondary N) is 2. The lowest BCUT2D eigenvalue weighted by Crippen LogP contribution is -2.33. The molecule has 1 aliphatic rings. The highest BCUT2D eigenvalue weighted by Crippen LogP contribution is 2.25. The summed E-state index contributed by atoms with van der Waals surface area (Å²) in [4.78, 5) is 22.7. The van der Waals surface area contributed by atoms with Gasteiger partial charge in [-0.05, 0) is 12.1 Å². The number of anilines is 1. The average Bonchev–Trinajstić information content (AvgIpc) is 2.52. The van der Waals surface area contributed by atoms with E-state index in [0.29, 0.717) is 17.5 Å². The molecule has 2 rings (SSSR count). The predicted molar refractivity (Wildman–Crippen MR) is 88.5 cm³/mol. The van der Waals surface area contributed by atoms with Crippen molar-refractivity contribution >= 4 is 40.8 Å². The Morgan fingerprint density at radius 2 is 2.29 bits per heavy atom. The summed E-state index contributed by atoms with van der Waals surface area (Å²) in [5.41, 5.74) is 0.603. The molecule has 0 radical (unpaired) electrons. The fourth-order valence-corrected chi connectivity index (χ4v) is 4.60. The van der Waals surface area contributed by atoms with Crippen LogP contribution < -0.4 is 10.6 Å². The quantitative estimate of drug-likeness (QED) is 0.637. The first kappa shape index (κ1) is 16.0. The van der Waals surface area contributed by atoms with Gasteiger partial charge >= 0.3 is 0 Å². The molecule has 8 heteroatoms. The van der Waals surface area contributed by atoms with Crippen LogP contribution in [0.4, 0.5) is 11.4 Å². The number of thioether (sulfide) groups is 2. The van der Waals surface area contributed by atoms with Crippen LogP contribution in [0.25, 0.3) is 0 Å². The van der Waals surface area contributed by atoms with Gasteiger partial charge in [-0.3, -0.25) is 14.9 Å². The Balaban J connectivity index is 2.07. The zero-order valence-electron chi connectivity index (χ0n) is 11.6. The van der Waals surface area contributed by atoms with Crippen molar-refractivity contribution in [2.75, 3.05) is 36.2 Å². The molecule has 1 atom stereocenters. The van der Waals surface area contributed by atoms with E-state index in [1.54, 1.807) is 13.1 Å². The smallest absolute Gasteiger partial charge is 0.282 e. The van der Waals surface area contributed by atoms with Crippen LogP contribution in [0.3, 0.4) is 0 Å². The van der Waals surface area contributed by atoms with Gasteiger partial charge in [0, 0.05) is 47.9 Å². The molecule has 1 aliphatic heterocycles. The first-order chi connectivity index (χ1) is 10.1. The molecule has 1 heterocycles.